The lowest BCUT2D eigenvalue weighted by molar-refractivity contribution is -0.384. The van der Waals surface area contributed by atoms with Gasteiger partial charge in [-0.05, 0) is 31.2 Å². The van der Waals surface area contributed by atoms with Gasteiger partial charge in [0.1, 0.15) is 11.3 Å². The second-order valence-corrected chi connectivity index (χ2v) is 6.96. The number of para-hydroxylation sites is 1. The Balaban J connectivity index is 1.62. The number of hydrogen-bond donors (Lipinski definition) is 0. The van der Waals surface area contributed by atoms with Gasteiger partial charge in [-0.1, -0.05) is 18.2 Å². The van der Waals surface area contributed by atoms with Crippen molar-refractivity contribution in [1.82, 2.24) is 4.90 Å². The van der Waals surface area contributed by atoms with E-state index in [4.69, 9.17) is 4.42 Å². The van der Waals surface area contributed by atoms with Crippen molar-refractivity contribution in [2.24, 2.45) is 0 Å². The van der Waals surface area contributed by atoms with Crippen LogP contribution in [-0.2, 0) is 4.79 Å². The molecule has 1 atom stereocenters. The first-order valence-corrected chi connectivity index (χ1v) is 9.05. The van der Waals surface area contributed by atoms with E-state index in [1.165, 1.54) is 23.9 Å². The van der Waals surface area contributed by atoms with E-state index in [0.29, 0.717) is 0 Å². The molecule has 0 radical (unpaired) electrons. The smallest absolute Gasteiger partial charge is 0.269 e. The van der Waals surface area contributed by atoms with E-state index in [2.05, 4.69) is 0 Å². The van der Waals surface area contributed by atoms with Crippen LogP contribution in [0.3, 0.4) is 0 Å². The summed E-state index contributed by atoms with van der Waals surface area (Å²) < 4.78 is 5.83. The Kier molecular flexibility index (Phi) is 5.27. The van der Waals surface area contributed by atoms with Crippen LogP contribution in [0.1, 0.15) is 18.7 Å². The van der Waals surface area contributed by atoms with E-state index in [9.17, 15) is 14.9 Å². The van der Waals surface area contributed by atoms with Crippen LogP contribution in [0.5, 0.6) is 0 Å². The predicted octanol–water partition coefficient (Wildman–Crippen LogP) is 4.65. The van der Waals surface area contributed by atoms with Crippen molar-refractivity contribution in [3.05, 3.63) is 70.5 Å². The number of furan rings is 1. The first kappa shape index (κ1) is 18.0. The number of nitrogens with zero attached hydrogens (tertiary/aromatic N) is 2. The summed E-state index contributed by atoms with van der Waals surface area (Å²) in [6, 6.07) is 15.7. The molecule has 0 bridgehead atoms. The number of fused-ring (bicyclic) bond motifs is 1. The van der Waals surface area contributed by atoms with Crippen molar-refractivity contribution in [2.75, 3.05) is 12.8 Å². The molecule has 7 heteroatoms. The third-order valence-corrected chi connectivity index (χ3v) is 5.24. The Hall–Kier alpha value is -2.80. The maximum absolute atomic E-state index is 12.5. The van der Waals surface area contributed by atoms with Crippen molar-refractivity contribution in [1.29, 1.82) is 0 Å². The lowest BCUT2D eigenvalue weighted by Gasteiger charge is -2.23. The van der Waals surface area contributed by atoms with Crippen LogP contribution in [0.4, 0.5) is 5.69 Å². The molecule has 0 saturated heterocycles. The van der Waals surface area contributed by atoms with Crippen molar-refractivity contribution in [2.45, 2.75) is 17.9 Å². The zero-order valence-corrected chi connectivity index (χ0v) is 15.2. The number of carbonyl (C=O) groups excluding carboxylic acids is 1. The van der Waals surface area contributed by atoms with Crippen molar-refractivity contribution in [3.8, 4) is 0 Å². The molecule has 0 spiro atoms. The molecule has 0 aliphatic rings. The minimum Gasteiger partial charge on any atom is -0.459 e. The van der Waals surface area contributed by atoms with Crippen LogP contribution in [-0.4, -0.2) is 28.5 Å². The molecule has 3 aromatic rings. The van der Waals surface area contributed by atoms with Crippen molar-refractivity contribution in [3.63, 3.8) is 0 Å². The second kappa shape index (κ2) is 7.61. The van der Waals surface area contributed by atoms with Crippen LogP contribution in [0.25, 0.3) is 11.0 Å². The molecule has 0 aliphatic carbocycles. The number of non-ortho nitro benzene ring substituents is 1. The summed E-state index contributed by atoms with van der Waals surface area (Å²) in [5.41, 5.74) is 0.840. The topological polar surface area (TPSA) is 76.6 Å². The number of nitro groups is 1. The minimum atomic E-state index is -0.442. The summed E-state index contributed by atoms with van der Waals surface area (Å²) in [5, 5.41) is 11.7. The van der Waals surface area contributed by atoms with E-state index in [0.717, 1.165) is 21.6 Å². The van der Waals surface area contributed by atoms with Gasteiger partial charge in [0.25, 0.3) is 5.69 Å². The van der Waals surface area contributed by atoms with Crippen molar-refractivity contribution < 1.29 is 14.1 Å². The summed E-state index contributed by atoms with van der Waals surface area (Å²) in [5.74, 6) is 0.947. The highest BCUT2D eigenvalue weighted by atomic mass is 32.2. The maximum Gasteiger partial charge on any atom is 0.269 e. The predicted molar refractivity (Wildman–Crippen MR) is 101 cm³/mol. The molecular weight excluding hydrogens is 352 g/mol. The Morgan fingerprint density at radius 1 is 1.23 bits per heavy atom. The minimum absolute atomic E-state index is 0.0382. The molecule has 2 aromatic carbocycles. The molecular formula is C19H18N2O4S. The van der Waals surface area contributed by atoms with Gasteiger partial charge in [-0.25, -0.2) is 0 Å². The van der Waals surface area contributed by atoms with Crippen LogP contribution < -0.4 is 0 Å². The summed E-state index contributed by atoms with van der Waals surface area (Å²) in [6.07, 6.45) is 0. The summed E-state index contributed by atoms with van der Waals surface area (Å²) >= 11 is 1.35. The van der Waals surface area contributed by atoms with E-state index in [1.54, 1.807) is 24.1 Å². The van der Waals surface area contributed by atoms with Gasteiger partial charge in [0.05, 0.1) is 16.7 Å². The van der Waals surface area contributed by atoms with Crippen LogP contribution in [0.2, 0.25) is 0 Å². The second-order valence-electron chi connectivity index (χ2n) is 5.91. The Morgan fingerprint density at radius 3 is 2.58 bits per heavy atom. The molecule has 26 heavy (non-hydrogen) atoms. The Morgan fingerprint density at radius 2 is 1.92 bits per heavy atom. The summed E-state index contributed by atoms with van der Waals surface area (Å²) in [6.45, 7) is 1.92. The average Bonchev–Trinajstić information content (AvgIpc) is 3.09. The first-order chi connectivity index (χ1) is 12.5. The number of hydrogen-bond acceptors (Lipinski definition) is 5. The molecule has 0 saturated carbocycles. The van der Waals surface area contributed by atoms with Gasteiger partial charge in [0.15, 0.2) is 0 Å². The van der Waals surface area contributed by atoms with Gasteiger partial charge in [-0.2, -0.15) is 0 Å². The zero-order valence-electron chi connectivity index (χ0n) is 14.4. The van der Waals surface area contributed by atoms with E-state index in [-0.39, 0.29) is 23.4 Å². The molecule has 1 amide bonds. The van der Waals surface area contributed by atoms with Gasteiger partial charge in [-0.3, -0.25) is 14.9 Å². The van der Waals surface area contributed by atoms with E-state index >= 15 is 0 Å². The third kappa shape index (κ3) is 3.88. The monoisotopic (exact) mass is 370 g/mol. The number of benzene rings is 2. The van der Waals surface area contributed by atoms with E-state index in [1.807, 2.05) is 37.3 Å². The first-order valence-electron chi connectivity index (χ1n) is 8.07. The van der Waals surface area contributed by atoms with E-state index < -0.39 is 4.92 Å². The molecule has 1 aromatic heterocycles. The number of nitro benzene ring substituents is 1. The molecule has 0 N–H and O–H groups in total. The lowest BCUT2D eigenvalue weighted by Crippen LogP contribution is -2.30. The molecule has 3 rings (SSSR count). The fraction of sp³-hybridized carbons (Fsp3) is 0.211. The summed E-state index contributed by atoms with van der Waals surface area (Å²) in [4.78, 5) is 25.2. The lowest BCUT2D eigenvalue weighted by atomic mass is 10.2. The molecule has 0 unspecified atom stereocenters. The SMILES string of the molecule is C[C@@H](c1cc2ccccc2o1)N(C)C(=O)CSc1ccc([N+](=O)[O-])cc1. The normalized spacial score (nSPS) is 12.1. The highest BCUT2D eigenvalue weighted by Gasteiger charge is 2.21. The zero-order chi connectivity index (χ0) is 18.7. The summed E-state index contributed by atoms with van der Waals surface area (Å²) in [7, 11) is 1.75. The van der Waals surface area contributed by atoms with Crippen LogP contribution >= 0.6 is 11.8 Å². The highest BCUT2D eigenvalue weighted by Crippen LogP contribution is 2.28. The van der Waals surface area contributed by atoms with Crippen LogP contribution in [0, 0.1) is 10.1 Å². The van der Waals surface area contributed by atoms with Crippen LogP contribution in [0.15, 0.2) is 63.9 Å². The fourth-order valence-corrected chi connectivity index (χ4v) is 3.35. The van der Waals surface area contributed by atoms with Gasteiger partial charge in [0.2, 0.25) is 5.91 Å². The molecule has 134 valence electrons. The third-order valence-electron chi connectivity index (χ3n) is 4.24. The largest absolute Gasteiger partial charge is 0.459 e. The number of rotatable bonds is 6. The molecule has 1 heterocycles. The Bertz CT molecular complexity index is 903. The van der Waals surface area contributed by atoms with Gasteiger partial charge in [-0.15, -0.1) is 11.8 Å². The number of thioether (sulfide) groups is 1. The molecule has 0 aliphatic heterocycles. The quantitative estimate of drug-likeness (QED) is 0.358. The van der Waals surface area contributed by atoms with Crippen molar-refractivity contribution >= 4 is 34.3 Å². The average molecular weight is 370 g/mol. The Labute approximate surface area is 154 Å². The maximum atomic E-state index is 12.5. The standard InChI is InChI=1S/C19H18N2O4S/c1-13(18-11-14-5-3-4-6-17(14)25-18)20(2)19(22)12-26-16-9-7-15(8-10-16)21(23)24/h3-11,13H,12H2,1-2H3/t13-/m0/s1. The van der Waals surface area contributed by atoms with Gasteiger partial charge < -0.3 is 9.32 Å². The number of carbonyl (C=O) groups is 1. The van der Waals surface area contributed by atoms with Gasteiger partial charge >= 0.3 is 0 Å². The molecule has 6 nitrogen and oxygen atoms in total. The van der Waals surface area contributed by atoms with Gasteiger partial charge in [0, 0.05) is 29.5 Å². The number of amides is 1. The molecule has 0 fully saturated rings. The highest BCUT2D eigenvalue weighted by molar-refractivity contribution is 8.00. The fourth-order valence-electron chi connectivity index (χ4n) is 2.53.